The first-order chi connectivity index (χ1) is 15.2. The number of rotatable bonds is 5. The van der Waals surface area contributed by atoms with E-state index in [2.05, 4.69) is 19.2 Å². The lowest BCUT2D eigenvalue weighted by Gasteiger charge is -2.31. The zero-order valence-corrected chi connectivity index (χ0v) is 19.2. The first kappa shape index (κ1) is 22.3. The van der Waals surface area contributed by atoms with Crippen LogP contribution in [0.3, 0.4) is 0 Å². The van der Waals surface area contributed by atoms with Crippen LogP contribution in [0.1, 0.15) is 64.3 Å². The van der Waals surface area contributed by atoms with E-state index in [1.807, 2.05) is 4.90 Å². The van der Waals surface area contributed by atoms with Crippen molar-refractivity contribution in [2.24, 2.45) is 17.6 Å². The van der Waals surface area contributed by atoms with Crippen LogP contribution in [0.5, 0.6) is 0 Å². The number of nitro groups is 1. The first-order valence-corrected chi connectivity index (χ1v) is 11.8. The number of primary amides is 1. The molecule has 4 rings (SSSR count). The normalized spacial score (nSPS) is 18.8. The molecule has 9 heteroatoms. The molecule has 2 amide bonds. The van der Waals surface area contributed by atoms with Crippen LogP contribution in [0.15, 0.2) is 18.2 Å². The summed E-state index contributed by atoms with van der Waals surface area (Å²) in [6, 6.07) is 4.58. The molecule has 1 fully saturated rings. The number of amides is 2. The zero-order valence-electron chi connectivity index (χ0n) is 18.3. The maximum absolute atomic E-state index is 13.0. The number of hydrogen-bond acceptors (Lipinski definition) is 6. The van der Waals surface area contributed by atoms with Crippen LogP contribution in [0.25, 0.3) is 0 Å². The summed E-state index contributed by atoms with van der Waals surface area (Å²) in [6.45, 7) is 5.86. The molecule has 0 bridgehead atoms. The van der Waals surface area contributed by atoms with Crippen molar-refractivity contribution in [3.8, 4) is 0 Å². The van der Waals surface area contributed by atoms with Crippen LogP contribution in [0, 0.1) is 22.0 Å². The van der Waals surface area contributed by atoms with Gasteiger partial charge in [0.1, 0.15) is 10.7 Å². The van der Waals surface area contributed by atoms with E-state index in [4.69, 9.17) is 5.73 Å². The van der Waals surface area contributed by atoms with Crippen molar-refractivity contribution < 1.29 is 14.5 Å². The largest absolute Gasteiger partial charge is 0.366 e. The minimum Gasteiger partial charge on any atom is -0.366 e. The summed E-state index contributed by atoms with van der Waals surface area (Å²) in [5.41, 5.74) is 7.57. The SMILES string of the molecule is CC1CCN(c2ccc(C(=O)Nc3sc4c(c3C(N)=O)CC[C@H](C)C4)cc2[N+](=O)[O-])CC1. The highest BCUT2D eigenvalue weighted by atomic mass is 32.1. The fourth-order valence-corrected chi connectivity index (χ4v) is 6.01. The van der Waals surface area contributed by atoms with Crippen LogP contribution in [-0.2, 0) is 12.8 Å². The summed E-state index contributed by atoms with van der Waals surface area (Å²) in [5, 5.41) is 15.0. The molecular weight excluding hydrogens is 428 g/mol. The lowest BCUT2D eigenvalue weighted by molar-refractivity contribution is -0.384. The zero-order chi connectivity index (χ0) is 23.0. The number of nitrogens with one attached hydrogen (secondary N) is 1. The summed E-state index contributed by atoms with van der Waals surface area (Å²) >= 11 is 1.38. The lowest BCUT2D eigenvalue weighted by Crippen LogP contribution is -2.33. The van der Waals surface area contributed by atoms with Crippen molar-refractivity contribution in [2.45, 2.75) is 46.0 Å². The lowest BCUT2D eigenvalue weighted by atomic mass is 9.88. The Kier molecular flexibility index (Phi) is 6.19. The Hall–Kier alpha value is -2.94. The van der Waals surface area contributed by atoms with Gasteiger partial charge in [-0.15, -0.1) is 11.3 Å². The molecule has 0 saturated carbocycles. The van der Waals surface area contributed by atoms with Gasteiger partial charge in [-0.25, -0.2) is 0 Å². The molecule has 8 nitrogen and oxygen atoms in total. The summed E-state index contributed by atoms with van der Waals surface area (Å²) < 4.78 is 0. The van der Waals surface area contributed by atoms with Gasteiger partial charge in [-0.05, 0) is 61.6 Å². The summed E-state index contributed by atoms with van der Waals surface area (Å²) in [7, 11) is 0. The third kappa shape index (κ3) is 4.34. The number of nitrogens with zero attached hydrogens (tertiary/aromatic N) is 2. The van der Waals surface area contributed by atoms with Crippen molar-refractivity contribution in [1.29, 1.82) is 0 Å². The molecule has 2 heterocycles. The number of nitro benzene ring substituents is 1. The van der Waals surface area contributed by atoms with Gasteiger partial charge in [0.15, 0.2) is 0 Å². The van der Waals surface area contributed by atoms with Crippen LogP contribution in [-0.4, -0.2) is 29.8 Å². The predicted octanol–water partition coefficient (Wildman–Crippen LogP) is 4.37. The fourth-order valence-electron chi connectivity index (χ4n) is 4.60. The standard InChI is InChI=1S/C23H28N4O4S/c1-13-7-9-26(10-8-13)17-6-4-15(12-18(17)27(30)31)22(29)25-23-20(21(24)28)16-5-3-14(2)11-19(16)32-23/h4,6,12-14H,3,5,7-11H2,1-2H3,(H2,24,28)(H,25,29)/t14-/m0/s1. The first-order valence-electron chi connectivity index (χ1n) is 11.0. The van der Waals surface area contributed by atoms with Gasteiger partial charge in [-0.1, -0.05) is 13.8 Å². The van der Waals surface area contributed by atoms with Gasteiger partial charge in [0.25, 0.3) is 17.5 Å². The van der Waals surface area contributed by atoms with Crippen molar-refractivity contribution in [3.63, 3.8) is 0 Å². The minimum absolute atomic E-state index is 0.0818. The van der Waals surface area contributed by atoms with Gasteiger partial charge < -0.3 is 16.0 Å². The highest BCUT2D eigenvalue weighted by Gasteiger charge is 2.29. The summed E-state index contributed by atoms with van der Waals surface area (Å²) in [6.07, 6.45) is 4.55. The highest BCUT2D eigenvalue weighted by Crippen LogP contribution is 2.40. The number of hydrogen-bond donors (Lipinski definition) is 2. The molecule has 2 aliphatic rings. The van der Waals surface area contributed by atoms with Crippen LogP contribution >= 0.6 is 11.3 Å². The maximum Gasteiger partial charge on any atom is 0.293 e. The molecule has 0 unspecified atom stereocenters. The van der Waals surface area contributed by atoms with Crippen LogP contribution in [0.4, 0.5) is 16.4 Å². The monoisotopic (exact) mass is 456 g/mol. The van der Waals surface area contributed by atoms with Gasteiger partial charge in [0.05, 0.1) is 10.5 Å². The van der Waals surface area contributed by atoms with Gasteiger partial charge >= 0.3 is 0 Å². The van der Waals surface area contributed by atoms with Crippen molar-refractivity contribution in [1.82, 2.24) is 0 Å². The Bertz CT molecular complexity index is 1070. The van der Waals surface area contributed by atoms with E-state index in [0.29, 0.717) is 28.1 Å². The Morgan fingerprint density at radius 1 is 1.19 bits per heavy atom. The van der Waals surface area contributed by atoms with Crippen LogP contribution in [0.2, 0.25) is 0 Å². The molecule has 170 valence electrons. The van der Waals surface area contributed by atoms with E-state index in [9.17, 15) is 19.7 Å². The third-order valence-corrected chi connectivity index (χ3v) is 7.71. The second-order valence-electron chi connectivity index (χ2n) is 9.00. The quantitative estimate of drug-likeness (QED) is 0.512. The number of benzene rings is 1. The molecule has 2 aromatic rings. The average molecular weight is 457 g/mol. The fraction of sp³-hybridized carbons (Fsp3) is 0.478. The molecule has 3 N–H and O–H groups in total. The number of piperidine rings is 1. The molecule has 0 radical (unpaired) electrons. The Morgan fingerprint density at radius 2 is 1.91 bits per heavy atom. The maximum atomic E-state index is 13.0. The third-order valence-electron chi connectivity index (χ3n) is 6.54. The second kappa shape index (κ2) is 8.90. The number of nitrogens with two attached hydrogens (primary N) is 1. The van der Waals surface area contributed by atoms with Gasteiger partial charge in [0.2, 0.25) is 0 Å². The molecule has 1 atom stereocenters. The van der Waals surface area contributed by atoms with Gasteiger partial charge in [0, 0.05) is 29.6 Å². The topological polar surface area (TPSA) is 119 Å². The molecular formula is C23H28N4O4S. The van der Waals surface area contributed by atoms with Crippen molar-refractivity contribution >= 4 is 39.5 Å². The van der Waals surface area contributed by atoms with E-state index in [1.165, 1.54) is 17.4 Å². The second-order valence-corrected chi connectivity index (χ2v) is 10.1. The molecule has 1 aromatic heterocycles. The molecule has 1 aromatic carbocycles. The minimum atomic E-state index is -0.562. The van der Waals surface area contributed by atoms with E-state index in [0.717, 1.165) is 55.6 Å². The number of fused-ring (bicyclic) bond motifs is 1. The van der Waals surface area contributed by atoms with E-state index in [-0.39, 0.29) is 11.3 Å². The van der Waals surface area contributed by atoms with E-state index >= 15 is 0 Å². The number of anilines is 2. The number of carbonyl (C=O) groups is 2. The predicted molar refractivity (Wildman–Crippen MR) is 126 cm³/mol. The van der Waals surface area contributed by atoms with E-state index < -0.39 is 16.7 Å². The number of thiophene rings is 1. The smallest absolute Gasteiger partial charge is 0.293 e. The summed E-state index contributed by atoms with van der Waals surface area (Å²) in [4.78, 5) is 39.5. The summed E-state index contributed by atoms with van der Waals surface area (Å²) in [5.74, 6) is 0.0712. The molecule has 1 aliphatic carbocycles. The van der Waals surface area contributed by atoms with Crippen LogP contribution < -0.4 is 16.0 Å². The van der Waals surface area contributed by atoms with Crippen molar-refractivity contribution in [2.75, 3.05) is 23.3 Å². The Labute approximate surface area is 190 Å². The molecule has 1 aliphatic heterocycles. The molecule has 32 heavy (non-hydrogen) atoms. The average Bonchev–Trinajstić information content (AvgIpc) is 3.10. The Balaban J connectivity index is 1.61. The van der Waals surface area contributed by atoms with E-state index in [1.54, 1.807) is 12.1 Å². The van der Waals surface area contributed by atoms with Gasteiger partial charge in [-0.3, -0.25) is 19.7 Å². The van der Waals surface area contributed by atoms with Gasteiger partial charge in [-0.2, -0.15) is 0 Å². The van der Waals surface area contributed by atoms with Crippen molar-refractivity contribution in [3.05, 3.63) is 49.9 Å². The molecule has 0 spiro atoms. The number of carbonyl (C=O) groups excluding carboxylic acids is 2. The molecule has 1 saturated heterocycles. The Morgan fingerprint density at radius 3 is 2.56 bits per heavy atom. The highest BCUT2D eigenvalue weighted by molar-refractivity contribution is 7.17.